The Morgan fingerprint density at radius 3 is 2.48 bits per heavy atom. The van der Waals surface area contributed by atoms with Crippen molar-refractivity contribution in [1.29, 1.82) is 0 Å². The molecular weight excluding hydrogens is 319 g/mol. The van der Waals surface area contributed by atoms with Crippen molar-refractivity contribution in [2.45, 2.75) is 17.7 Å². The maximum atomic E-state index is 12.9. The number of aryl methyl sites for hydroxylation is 1. The molecule has 5 nitrogen and oxygen atoms in total. The minimum Gasteiger partial charge on any atom is -0.315 e. The van der Waals surface area contributed by atoms with Gasteiger partial charge >= 0.3 is 0 Å². The minimum absolute atomic E-state index is 0.0103. The molecule has 1 aliphatic heterocycles. The molecule has 0 aromatic heterocycles. The number of halogens is 1. The van der Waals surface area contributed by atoms with Crippen molar-refractivity contribution in [3.8, 4) is 0 Å². The van der Waals surface area contributed by atoms with Crippen LogP contribution in [0.1, 0.15) is 12.0 Å². The topological polar surface area (TPSA) is 66.5 Å². The largest absolute Gasteiger partial charge is 0.315 e. The maximum Gasteiger partial charge on any atom is 0.261 e. The van der Waals surface area contributed by atoms with Crippen molar-refractivity contribution in [1.82, 2.24) is 0 Å². The second-order valence-corrected chi connectivity index (χ2v) is 7.04. The highest BCUT2D eigenvalue weighted by Gasteiger charge is 2.22. The summed E-state index contributed by atoms with van der Waals surface area (Å²) in [4.78, 5) is 13.2. The number of amides is 1. The van der Waals surface area contributed by atoms with Crippen LogP contribution in [0.5, 0.6) is 0 Å². The fraction of sp³-hybridized carbons (Fsp3) is 0.188. The van der Waals surface area contributed by atoms with Gasteiger partial charge in [0, 0.05) is 24.8 Å². The fourth-order valence-electron chi connectivity index (χ4n) is 2.55. The molecule has 2 aromatic carbocycles. The van der Waals surface area contributed by atoms with Crippen molar-refractivity contribution >= 4 is 27.3 Å². The number of nitrogens with one attached hydrogen (secondary N) is 1. The van der Waals surface area contributed by atoms with Gasteiger partial charge in [0.2, 0.25) is 5.91 Å². The van der Waals surface area contributed by atoms with E-state index in [9.17, 15) is 17.6 Å². The van der Waals surface area contributed by atoms with Crippen molar-refractivity contribution in [2.24, 2.45) is 0 Å². The number of hydrogen-bond acceptors (Lipinski definition) is 3. The van der Waals surface area contributed by atoms with Crippen LogP contribution in [-0.2, 0) is 21.2 Å². The maximum absolute atomic E-state index is 12.9. The molecule has 0 saturated heterocycles. The molecule has 1 heterocycles. The SMILES string of the molecule is CN1C(=O)CCc2cc(NS(=O)(=O)c3ccc(F)cc3)ccc21. The van der Waals surface area contributed by atoms with Crippen molar-refractivity contribution in [3.05, 3.63) is 53.8 Å². The van der Waals surface area contributed by atoms with Gasteiger partial charge in [-0.25, -0.2) is 12.8 Å². The number of benzene rings is 2. The van der Waals surface area contributed by atoms with Gasteiger partial charge in [0.15, 0.2) is 0 Å². The summed E-state index contributed by atoms with van der Waals surface area (Å²) in [7, 11) is -2.08. The average Bonchev–Trinajstić information content (AvgIpc) is 2.51. The van der Waals surface area contributed by atoms with Crippen LogP contribution in [0, 0.1) is 5.82 Å². The Morgan fingerprint density at radius 2 is 1.78 bits per heavy atom. The van der Waals surface area contributed by atoms with Crippen LogP contribution in [0.4, 0.5) is 15.8 Å². The summed E-state index contributed by atoms with van der Waals surface area (Å²) < 4.78 is 40.0. The highest BCUT2D eigenvalue weighted by Crippen LogP contribution is 2.30. The molecule has 0 aliphatic carbocycles. The quantitative estimate of drug-likeness (QED) is 0.938. The van der Waals surface area contributed by atoms with Gasteiger partial charge in [0.05, 0.1) is 4.90 Å². The number of fused-ring (bicyclic) bond motifs is 1. The predicted molar refractivity (Wildman–Crippen MR) is 85.4 cm³/mol. The second kappa shape index (κ2) is 5.66. The van der Waals surface area contributed by atoms with Crippen LogP contribution in [0.25, 0.3) is 0 Å². The highest BCUT2D eigenvalue weighted by atomic mass is 32.2. The smallest absolute Gasteiger partial charge is 0.261 e. The van der Waals surface area contributed by atoms with E-state index in [1.165, 1.54) is 12.1 Å². The summed E-state index contributed by atoms with van der Waals surface area (Å²) >= 11 is 0. The lowest BCUT2D eigenvalue weighted by Crippen LogP contribution is -2.31. The van der Waals surface area contributed by atoms with Crippen LogP contribution < -0.4 is 9.62 Å². The molecule has 1 N–H and O–H groups in total. The molecule has 0 saturated carbocycles. The summed E-state index contributed by atoms with van der Waals surface area (Å²) in [5.41, 5.74) is 2.10. The number of hydrogen-bond donors (Lipinski definition) is 1. The van der Waals surface area contributed by atoms with Gasteiger partial charge < -0.3 is 4.90 Å². The molecule has 0 bridgehead atoms. The summed E-state index contributed by atoms with van der Waals surface area (Å²) in [6, 6.07) is 9.66. The average molecular weight is 334 g/mol. The number of rotatable bonds is 3. The lowest BCUT2D eigenvalue weighted by molar-refractivity contribution is -0.118. The van der Waals surface area contributed by atoms with Crippen LogP contribution in [-0.4, -0.2) is 21.4 Å². The zero-order chi connectivity index (χ0) is 16.6. The Kier molecular flexibility index (Phi) is 3.81. The molecule has 0 atom stereocenters. The highest BCUT2D eigenvalue weighted by molar-refractivity contribution is 7.92. The minimum atomic E-state index is -3.78. The van der Waals surface area contributed by atoms with E-state index in [0.29, 0.717) is 18.5 Å². The van der Waals surface area contributed by atoms with E-state index < -0.39 is 15.8 Å². The first-order valence-corrected chi connectivity index (χ1v) is 8.53. The first kappa shape index (κ1) is 15.5. The summed E-state index contributed by atoms with van der Waals surface area (Å²) in [6.45, 7) is 0. The zero-order valence-electron chi connectivity index (χ0n) is 12.4. The molecule has 0 fully saturated rings. The first-order chi connectivity index (χ1) is 10.9. The Labute approximate surface area is 133 Å². The zero-order valence-corrected chi connectivity index (χ0v) is 13.2. The Hall–Kier alpha value is -2.41. The number of nitrogens with zero attached hydrogens (tertiary/aromatic N) is 1. The standard InChI is InChI=1S/C16H15FN2O3S/c1-19-15-8-5-13(10-11(15)2-9-16(19)20)18-23(21,22)14-6-3-12(17)4-7-14/h3-8,10,18H,2,9H2,1H3. The molecule has 0 spiro atoms. The number of anilines is 2. The third-order valence-electron chi connectivity index (χ3n) is 3.80. The summed E-state index contributed by atoms with van der Waals surface area (Å²) in [6.07, 6.45) is 0.974. The second-order valence-electron chi connectivity index (χ2n) is 5.36. The van der Waals surface area contributed by atoms with Gasteiger partial charge in [-0.15, -0.1) is 0 Å². The number of sulfonamides is 1. The Bertz CT molecular complexity index is 863. The predicted octanol–water partition coefficient (Wildman–Crippen LogP) is 2.54. The van der Waals surface area contributed by atoms with Gasteiger partial charge in [-0.2, -0.15) is 0 Å². The van der Waals surface area contributed by atoms with Gasteiger partial charge in [0.1, 0.15) is 5.82 Å². The van der Waals surface area contributed by atoms with Crippen LogP contribution in [0.3, 0.4) is 0 Å². The molecule has 3 rings (SSSR count). The third kappa shape index (κ3) is 3.05. The van der Waals surface area contributed by atoms with Gasteiger partial charge in [-0.3, -0.25) is 9.52 Å². The van der Waals surface area contributed by atoms with E-state index in [4.69, 9.17) is 0 Å². The Morgan fingerprint density at radius 1 is 1.09 bits per heavy atom. The summed E-state index contributed by atoms with van der Waals surface area (Å²) in [5, 5.41) is 0. The molecule has 1 aliphatic rings. The molecule has 0 unspecified atom stereocenters. The third-order valence-corrected chi connectivity index (χ3v) is 5.20. The van der Waals surface area contributed by atoms with E-state index in [0.717, 1.165) is 23.4 Å². The van der Waals surface area contributed by atoms with Gasteiger partial charge in [-0.05, 0) is 54.4 Å². The number of carbonyl (C=O) groups excluding carboxylic acids is 1. The number of carbonyl (C=O) groups is 1. The van der Waals surface area contributed by atoms with Gasteiger partial charge in [0.25, 0.3) is 10.0 Å². The van der Waals surface area contributed by atoms with E-state index >= 15 is 0 Å². The molecule has 0 radical (unpaired) electrons. The monoisotopic (exact) mass is 334 g/mol. The Balaban J connectivity index is 1.89. The van der Waals surface area contributed by atoms with E-state index in [2.05, 4.69) is 4.72 Å². The van der Waals surface area contributed by atoms with Crippen molar-refractivity contribution in [2.75, 3.05) is 16.7 Å². The molecule has 120 valence electrons. The van der Waals surface area contributed by atoms with Gasteiger partial charge in [-0.1, -0.05) is 0 Å². The van der Waals surface area contributed by atoms with Crippen LogP contribution in [0.15, 0.2) is 47.4 Å². The van der Waals surface area contributed by atoms with Crippen molar-refractivity contribution in [3.63, 3.8) is 0 Å². The van der Waals surface area contributed by atoms with E-state index in [-0.39, 0.29) is 10.8 Å². The van der Waals surface area contributed by atoms with E-state index in [1.807, 2.05) is 0 Å². The lowest BCUT2D eigenvalue weighted by Gasteiger charge is -2.26. The normalized spacial score (nSPS) is 14.5. The molecule has 1 amide bonds. The van der Waals surface area contributed by atoms with Crippen LogP contribution >= 0.6 is 0 Å². The van der Waals surface area contributed by atoms with Crippen molar-refractivity contribution < 1.29 is 17.6 Å². The molecule has 7 heteroatoms. The van der Waals surface area contributed by atoms with E-state index in [1.54, 1.807) is 30.1 Å². The molecule has 23 heavy (non-hydrogen) atoms. The molecule has 2 aromatic rings. The fourth-order valence-corrected chi connectivity index (χ4v) is 3.60. The summed E-state index contributed by atoms with van der Waals surface area (Å²) in [5.74, 6) is -0.456. The first-order valence-electron chi connectivity index (χ1n) is 7.05. The lowest BCUT2D eigenvalue weighted by atomic mass is 10.0. The molecular formula is C16H15FN2O3S. The van der Waals surface area contributed by atoms with Crippen LogP contribution in [0.2, 0.25) is 0 Å².